The summed E-state index contributed by atoms with van der Waals surface area (Å²) in [5, 5.41) is 4.01. The van der Waals surface area contributed by atoms with E-state index in [-0.39, 0.29) is 5.91 Å². The van der Waals surface area contributed by atoms with E-state index in [1.54, 1.807) is 0 Å². The normalized spacial score (nSPS) is 23.7. The van der Waals surface area contributed by atoms with Gasteiger partial charge in [0.25, 0.3) is 5.91 Å². The SMILES string of the molecule is O=C(c1cc(C2CC2)on1)N1CC[C@H](N2CCc3ccccc3C2)C1. The fourth-order valence-electron chi connectivity index (χ4n) is 4.17. The van der Waals surface area contributed by atoms with Gasteiger partial charge >= 0.3 is 0 Å². The molecule has 0 spiro atoms. The van der Waals surface area contributed by atoms with E-state index >= 15 is 0 Å². The lowest BCUT2D eigenvalue weighted by atomic mass is 9.98. The van der Waals surface area contributed by atoms with Crippen molar-refractivity contribution in [2.45, 2.75) is 44.2 Å². The predicted molar refractivity (Wildman–Crippen MR) is 93.3 cm³/mol. The first-order chi connectivity index (χ1) is 12.3. The maximum atomic E-state index is 12.7. The molecule has 130 valence electrons. The molecule has 1 amide bonds. The van der Waals surface area contributed by atoms with Gasteiger partial charge in [0.1, 0.15) is 5.76 Å². The van der Waals surface area contributed by atoms with Gasteiger partial charge in [-0.05, 0) is 36.8 Å². The van der Waals surface area contributed by atoms with E-state index in [4.69, 9.17) is 4.52 Å². The Morgan fingerprint density at radius 1 is 1.12 bits per heavy atom. The quantitative estimate of drug-likeness (QED) is 0.864. The Bertz CT molecular complexity index is 796. The molecule has 1 saturated carbocycles. The van der Waals surface area contributed by atoms with E-state index in [2.05, 4.69) is 34.3 Å². The van der Waals surface area contributed by atoms with Gasteiger partial charge in [-0.2, -0.15) is 0 Å². The summed E-state index contributed by atoms with van der Waals surface area (Å²) in [5.74, 6) is 1.40. The van der Waals surface area contributed by atoms with Crippen LogP contribution < -0.4 is 0 Å². The van der Waals surface area contributed by atoms with Crippen LogP contribution >= 0.6 is 0 Å². The molecule has 1 saturated heterocycles. The van der Waals surface area contributed by atoms with Gasteiger partial charge in [-0.1, -0.05) is 29.4 Å². The summed E-state index contributed by atoms with van der Waals surface area (Å²) in [6.07, 6.45) is 4.46. The fourth-order valence-corrected chi connectivity index (χ4v) is 4.17. The third-order valence-electron chi connectivity index (χ3n) is 5.85. The Labute approximate surface area is 147 Å². The van der Waals surface area contributed by atoms with Crippen LogP contribution in [-0.4, -0.2) is 46.5 Å². The molecule has 5 rings (SSSR count). The van der Waals surface area contributed by atoms with Gasteiger partial charge in [-0.3, -0.25) is 9.69 Å². The zero-order chi connectivity index (χ0) is 16.8. The molecule has 2 aromatic rings. The maximum Gasteiger partial charge on any atom is 0.276 e. The molecule has 25 heavy (non-hydrogen) atoms. The number of aromatic nitrogens is 1. The fraction of sp³-hybridized carbons (Fsp3) is 0.500. The first kappa shape index (κ1) is 15.1. The van der Waals surface area contributed by atoms with Crippen LogP contribution in [0.1, 0.15) is 52.6 Å². The third-order valence-corrected chi connectivity index (χ3v) is 5.85. The topological polar surface area (TPSA) is 49.6 Å². The first-order valence-corrected chi connectivity index (χ1v) is 9.34. The van der Waals surface area contributed by atoms with Crippen molar-refractivity contribution in [1.82, 2.24) is 15.0 Å². The van der Waals surface area contributed by atoms with Crippen LogP contribution in [0.25, 0.3) is 0 Å². The van der Waals surface area contributed by atoms with E-state index in [0.29, 0.717) is 17.7 Å². The summed E-state index contributed by atoms with van der Waals surface area (Å²) >= 11 is 0. The molecule has 0 unspecified atom stereocenters. The molecule has 1 aromatic heterocycles. The summed E-state index contributed by atoms with van der Waals surface area (Å²) in [6, 6.07) is 11.0. The zero-order valence-electron chi connectivity index (χ0n) is 14.4. The Kier molecular flexibility index (Phi) is 3.63. The molecule has 5 nitrogen and oxygen atoms in total. The number of likely N-dealkylation sites (tertiary alicyclic amines) is 1. The Morgan fingerprint density at radius 2 is 1.96 bits per heavy atom. The molecule has 3 heterocycles. The second-order valence-corrected chi connectivity index (χ2v) is 7.57. The van der Waals surface area contributed by atoms with Crippen LogP contribution in [-0.2, 0) is 13.0 Å². The van der Waals surface area contributed by atoms with E-state index < -0.39 is 0 Å². The third kappa shape index (κ3) is 2.86. The van der Waals surface area contributed by atoms with E-state index in [0.717, 1.165) is 57.6 Å². The summed E-state index contributed by atoms with van der Waals surface area (Å²) in [6.45, 7) is 3.69. The first-order valence-electron chi connectivity index (χ1n) is 9.34. The number of fused-ring (bicyclic) bond motifs is 1. The number of hydrogen-bond donors (Lipinski definition) is 0. The highest BCUT2D eigenvalue weighted by atomic mass is 16.5. The highest BCUT2D eigenvalue weighted by Gasteiger charge is 2.34. The van der Waals surface area contributed by atoms with E-state index in [1.165, 1.54) is 11.1 Å². The molecular formula is C20H23N3O2. The molecule has 1 aromatic carbocycles. The zero-order valence-corrected chi connectivity index (χ0v) is 14.4. The van der Waals surface area contributed by atoms with E-state index in [9.17, 15) is 4.79 Å². The molecule has 0 N–H and O–H groups in total. The van der Waals surface area contributed by atoms with Crippen molar-refractivity contribution in [3.05, 3.63) is 52.9 Å². The van der Waals surface area contributed by atoms with Gasteiger partial charge in [0.05, 0.1) is 0 Å². The molecule has 2 fully saturated rings. The largest absolute Gasteiger partial charge is 0.360 e. The second-order valence-electron chi connectivity index (χ2n) is 7.57. The summed E-state index contributed by atoms with van der Waals surface area (Å²) < 4.78 is 5.34. The van der Waals surface area contributed by atoms with Crippen molar-refractivity contribution in [3.63, 3.8) is 0 Å². The molecule has 1 aliphatic carbocycles. The molecule has 0 radical (unpaired) electrons. The second kappa shape index (κ2) is 5.99. The highest BCUT2D eigenvalue weighted by Crippen LogP contribution is 2.40. The number of carbonyl (C=O) groups excluding carboxylic acids is 1. The lowest BCUT2D eigenvalue weighted by molar-refractivity contribution is 0.0763. The molecule has 5 heteroatoms. The summed E-state index contributed by atoms with van der Waals surface area (Å²) in [7, 11) is 0. The van der Waals surface area contributed by atoms with Gasteiger partial charge in [0.2, 0.25) is 0 Å². The lowest BCUT2D eigenvalue weighted by Gasteiger charge is -2.33. The van der Waals surface area contributed by atoms with E-state index in [1.807, 2.05) is 11.0 Å². The Morgan fingerprint density at radius 3 is 2.80 bits per heavy atom. The van der Waals surface area contributed by atoms with Crippen molar-refractivity contribution >= 4 is 5.91 Å². The van der Waals surface area contributed by atoms with Crippen molar-refractivity contribution in [3.8, 4) is 0 Å². The van der Waals surface area contributed by atoms with Crippen LogP contribution in [0.2, 0.25) is 0 Å². The molecule has 0 bridgehead atoms. The summed E-state index contributed by atoms with van der Waals surface area (Å²) in [4.78, 5) is 17.2. The molecule has 1 atom stereocenters. The Balaban J connectivity index is 1.24. The van der Waals surface area contributed by atoms with Crippen LogP contribution in [0.5, 0.6) is 0 Å². The summed E-state index contributed by atoms with van der Waals surface area (Å²) in [5.41, 5.74) is 3.38. The predicted octanol–water partition coefficient (Wildman–Crippen LogP) is 2.82. The van der Waals surface area contributed by atoms with Gasteiger partial charge < -0.3 is 9.42 Å². The number of rotatable bonds is 3. The minimum absolute atomic E-state index is 0.0237. The number of nitrogens with zero attached hydrogens (tertiary/aromatic N) is 3. The molecule has 3 aliphatic rings. The number of carbonyl (C=O) groups is 1. The maximum absolute atomic E-state index is 12.7. The highest BCUT2D eigenvalue weighted by molar-refractivity contribution is 5.92. The number of amides is 1. The molecule has 2 aliphatic heterocycles. The average Bonchev–Trinajstić information content (AvgIpc) is 3.19. The van der Waals surface area contributed by atoms with Gasteiger partial charge in [0.15, 0.2) is 5.69 Å². The number of hydrogen-bond acceptors (Lipinski definition) is 4. The Hall–Kier alpha value is -2.14. The minimum atomic E-state index is 0.0237. The van der Waals surface area contributed by atoms with Crippen LogP contribution in [0.15, 0.2) is 34.9 Å². The smallest absolute Gasteiger partial charge is 0.276 e. The minimum Gasteiger partial charge on any atom is -0.360 e. The van der Waals surface area contributed by atoms with Crippen LogP contribution in [0.4, 0.5) is 0 Å². The van der Waals surface area contributed by atoms with Crippen molar-refractivity contribution in [1.29, 1.82) is 0 Å². The van der Waals surface area contributed by atoms with Crippen LogP contribution in [0.3, 0.4) is 0 Å². The molecular weight excluding hydrogens is 314 g/mol. The average molecular weight is 337 g/mol. The van der Waals surface area contributed by atoms with Crippen molar-refractivity contribution in [2.24, 2.45) is 0 Å². The van der Waals surface area contributed by atoms with Crippen molar-refractivity contribution in [2.75, 3.05) is 19.6 Å². The van der Waals surface area contributed by atoms with Crippen molar-refractivity contribution < 1.29 is 9.32 Å². The van der Waals surface area contributed by atoms with Crippen LogP contribution in [0, 0.1) is 0 Å². The standard InChI is InChI=1S/C20H23N3O2/c24-20(18-11-19(25-21-18)15-5-6-15)23-10-8-17(13-23)22-9-7-14-3-1-2-4-16(14)12-22/h1-4,11,15,17H,5-10,12-13H2/t17-/m0/s1. The van der Waals surface area contributed by atoms with Gasteiger partial charge in [0, 0.05) is 44.2 Å². The van der Waals surface area contributed by atoms with Gasteiger partial charge in [-0.15, -0.1) is 0 Å². The number of benzene rings is 1. The van der Waals surface area contributed by atoms with Gasteiger partial charge in [-0.25, -0.2) is 0 Å². The lowest BCUT2D eigenvalue weighted by Crippen LogP contribution is -2.41. The monoisotopic (exact) mass is 337 g/mol.